The molecule has 0 aromatic carbocycles. The first-order chi connectivity index (χ1) is 8.18. The van der Waals surface area contributed by atoms with Crippen LogP contribution in [0.4, 0.5) is 0 Å². The van der Waals surface area contributed by atoms with Crippen LogP contribution in [0.1, 0.15) is 26.5 Å². The molecule has 98 valence electrons. The van der Waals surface area contributed by atoms with E-state index in [-0.39, 0.29) is 5.69 Å². The van der Waals surface area contributed by atoms with Crippen LogP contribution in [0.3, 0.4) is 0 Å². The summed E-state index contributed by atoms with van der Waals surface area (Å²) in [5.74, 6) is -2.62. The van der Waals surface area contributed by atoms with E-state index >= 15 is 0 Å². The Kier molecular flexibility index (Phi) is 3.66. The van der Waals surface area contributed by atoms with Crippen molar-refractivity contribution in [1.82, 2.24) is 9.97 Å². The Morgan fingerprint density at radius 2 is 1.94 bits per heavy atom. The molecule has 7 nitrogen and oxygen atoms in total. The Morgan fingerprint density at radius 3 is 2.33 bits per heavy atom. The number of carbonyl (C=O) groups excluding carboxylic acids is 1. The molecule has 1 heterocycles. The van der Waals surface area contributed by atoms with Crippen LogP contribution < -0.4 is 5.73 Å². The molecule has 0 bridgehead atoms. The van der Waals surface area contributed by atoms with Gasteiger partial charge in [-0.1, -0.05) is 0 Å². The second-order valence-electron chi connectivity index (χ2n) is 4.71. The summed E-state index contributed by atoms with van der Waals surface area (Å²) in [5.41, 5.74) is 2.25. The molecule has 0 amide bonds. The lowest BCUT2D eigenvalue weighted by atomic mass is 9.97. The molecule has 1 aromatic heterocycles. The van der Waals surface area contributed by atoms with Crippen molar-refractivity contribution in [3.05, 3.63) is 24.3 Å². The van der Waals surface area contributed by atoms with Gasteiger partial charge in [-0.15, -0.1) is 0 Å². The highest BCUT2D eigenvalue weighted by Crippen LogP contribution is 2.21. The van der Waals surface area contributed by atoms with Crippen LogP contribution in [-0.4, -0.2) is 32.6 Å². The monoisotopic (exact) mass is 253 g/mol. The molecule has 0 spiro atoms. The van der Waals surface area contributed by atoms with Gasteiger partial charge in [-0.2, -0.15) is 0 Å². The van der Waals surface area contributed by atoms with Crippen molar-refractivity contribution >= 4 is 11.9 Å². The van der Waals surface area contributed by atoms with Gasteiger partial charge in [0.05, 0.1) is 6.20 Å². The Bertz CT molecular complexity index is 455. The average Bonchev–Trinajstić information content (AvgIpc) is 2.26. The fourth-order valence-electron chi connectivity index (χ4n) is 1.16. The van der Waals surface area contributed by atoms with Gasteiger partial charge in [0.25, 0.3) is 5.54 Å². The molecule has 7 heteroatoms. The number of carbonyl (C=O) groups is 2. The molecule has 0 saturated heterocycles. The van der Waals surface area contributed by atoms with Gasteiger partial charge in [-0.25, -0.2) is 9.59 Å². The van der Waals surface area contributed by atoms with Gasteiger partial charge in [-0.3, -0.25) is 9.97 Å². The summed E-state index contributed by atoms with van der Waals surface area (Å²) in [6.07, 6.45) is 3.73. The summed E-state index contributed by atoms with van der Waals surface area (Å²) < 4.78 is 5.01. The number of carboxylic acid groups (broad SMARTS) is 1. The zero-order valence-electron chi connectivity index (χ0n) is 10.4. The largest absolute Gasteiger partial charge is 0.479 e. The molecule has 18 heavy (non-hydrogen) atoms. The van der Waals surface area contributed by atoms with E-state index in [1.807, 2.05) is 0 Å². The predicted molar refractivity (Wildman–Crippen MR) is 61.4 cm³/mol. The second kappa shape index (κ2) is 4.69. The molecule has 1 atom stereocenters. The standard InChI is InChI=1S/C11H15N3O4/c1-10(2,3)18-9(17)11(12,8(15)16)7-6-13-4-5-14-7/h4-6H,12H2,1-3H3,(H,15,16). The molecule has 0 saturated carbocycles. The van der Waals surface area contributed by atoms with E-state index in [2.05, 4.69) is 9.97 Å². The summed E-state index contributed by atoms with van der Waals surface area (Å²) >= 11 is 0. The maximum absolute atomic E-state index is 11.9. The number of nitrogens with zero attached hydrogens (tertiary/aromatic N) is 2. The molecule has 0 radical (unpaired) electrons. The maximum atomic E-state index is 11.9. The molecular formula is C11H15N3O4. The van der Waals surface area contributed by atoms with E-state index in [9.17, 15) is 9.59 Å². The molecular weight excluding hydrogens is 238 g/mol. The van der Waals surface area contributed by atoms with Gasteiger partial charge in [-0.05, 0) is 20.8 Å². The van der Waals surface area contributed by atoms with Crippen molar-refractivity contribution in [2.45, 2.75) is 31.9 Å². The first kappa shape index (κ1) is 14.0. The molecule has 0 aliphatic rings. The van der Waals surface area contributed by atoms with Gasteiger partial charge in [0.2, 0.25) is 0 Å². The topological polar surface area (TPSA) is 115 Å². The molecule has 1 rings (SSSR count). The third-order valence-electron chi connectivity index (χ3n) is 2.03. The Labute approximate surface area is 104 Å². The highest BCUT2D eigenvalue weighted by Gasteiger charge is 2.48. The Morgan fingerprint density at radius 1 is 1.33 bits per heavy atom. The van der Waals surface area contributed by atoms with Crippen molar-refractivity contribution in [1.29, 1.82) is 0 Å². The van der Waals surface area contributed by atoms with Crippen LogP contribution in [-0.2, 0) is 19.9 Å². The van der Waals surface area contributed by atoms with Crippen LogP contribution in [0.25, 0.3) is 0 Å². The summed E-state index contributed by atoms with van der Waals surface area (Å²) in [4.78, 5) is 30.6. The minimum Gasteiger partial charge on any atom is -0.479 e. The van der Waals surface area contributed by atoms with Crippen LogP contribution in [0, 0.1) is 0 Å². The molecule has 3 N–H and O–H groups in total. The lowest BCUT2D eigenvalue weighted by molar-refractivity contribution is -0.169. The van der Waals surface area contributed by atoms with Crippen molar-refractivity contribution in [2.24, 2.45) is 5.73 Å². The minimum absolute atomic E-state index is 0.174. The SMILES string of the molecule is CC(C)(C)OC(=O)C(N)(C(=O)O)c1cnccn1. The maximum Gasteiger partial charge on any atom is 0.344 e. The number of aliphatic carboxylic acids is 1. The summed E-state index contributed by atoms with van der Waals surface area (Å²) in [5, 5.41) is 9.16. The molecule has 0 aliphatic heterocycles. The molecule has 1 aromatic rings. The number of esters is 1. The predicted octanol–water partition coefficient (Wildman–Crippen LogP) is 0.0569. The lowest BCUT2D eigenvalue weighted by Crippen LogP contribution is -2.54. The van der Waals surface area contributed by atoms with E-state index in [0.717, 1.165) is 6.20 Å². The fourth-order valence-corrected chi connectivity index (χ4v) is 1.16. The second-order valence-corrected chi connectivity index (χ2v) is 4.71. The fraction of sp³-hybridized carbons (Fsp3) is 0.455. The molecule has 0 fully saturated rings. The number of ether oxygens (including phenoxy) is 1. The summed E-state index contributed by atoms with van der Waals surface area (Å²) in [6, 6.07) is 0. The normalized spacial score (nSPS) is 14.7. The van der Waals surface area contributed by atoms with Crippen LogP contribution in [0.15, 0.2) is 18.6 Å². The highest BCUT2D eigenvalue weighted by molar-refractivity contribution is 6.04. The van der Waals surface area contributed by atoms with E-state index in [1.54, 1.807) is 20.8 Å². The first-order valence-corrected chi connectivity index (χ1v) is 5.20. The van der Waals surface area contributed by atoms with Gasteiger partial charge in [0.1, 0.15) is 11.3 Å². The van der Waals surface area contributed by atoms with Gasteiger partial charge in [0.15, 0.2) is 0 Å². The summed E-state index contributed by atoms with van der Waals surface area (Å²) in [7, 11) is 0. The first-order valence-electron chi connectivity index (χ1n) is 5.20. The Balaban J connectivity index is 3.17. The van der Waals surface area contributed by atoms with Gasteiger partial charge in [0, 0.05) is 12.4 Å². The van der Waals surface area contributed by atoms with Crippen LogP contribution >= 0.6 is 0 Å². The van der Waals surface area contributed by atoms with E-state index in [0.29, 0.717) is 0 Å². The average molecular weight is 253 g/mol. The van der Waals surface area contributed by atoms with E-state index in [4.69, 9.17) is 15.6 Å². The number of rotatable bonds is 3. The van der Waals surface area contributed by atoms with E-state index < -0.39 is 23.1 Å². The molecule has 0 aliphatic carbocycles. The third-order valence-corrected chi connectivity index (χ3v) is 2.03. The van der Waals surface area contributed by atoms with Crippen LogP contribution in [0.5, 0.6) is 0 Å². The zero-order valence-corrected chi connectivity index (χ0v) is 10.4. The number of carboxylic acids is 1. The Hall–Kier alpha value is -2.02. The third kappa shape index (κ3) is 2.80. The van der Waals surface area contributed by atoms with Gasteiger partial charge >= 0.3 is 11.9 Å². The highest BCUT2D eigenvalue weighted by atomic mass is 16.6. The van der Waals surface area contributed by atoms with Gasteiger partial charge < -0.3 is 15.6 Å². The van der Waals surface area contributed by atoms with E-state index in [1.165, 1.54) is 12.4 Å². The van der Waals surface area contributed by atoms with Crippen molar-refractivity contribution in [3.63, 3.8) is 0 Å². The van der Waals surface area contributed by atoms with Crippen molar-refractivity contribution < 1.29 is 19.4 Å². The van der Waals surface area contributed by atoms with Crippen molar-refractivity contribution in [3.8, 4) is 0 Å². The van der Waals surface area contributed by atoms with Crippen LogP contribution in [0.2, 0.25) is 0 Å². The number of hydrogen-bond donors (Lipinski definition) is 2. The zero-order chi connectivity index (χ0) is 14.0. The smallest absolute Gasteiger partial charge is 0.344 e. The summed E-state index contributed by atoms with van der Waals surface area (Å²) in [6.45, 7) is 4.84. The minimum atomic E-state index is -2.36. The lowest BCUT2D eigenvalue weighted by Gasteiger charge is -2.27. The number of hydrogen-bond acceptors (Lipinski definition) is 6. The number of nitrogens with two attached hydrogens (primary N) is 1. The quantitative estimate of drug-likeness (QED) is 0.577. The molecule has 1 unspecified atom stereocenters. The van der Waals surface area contributed by atoms with Crippen molar-refractivity contribution in [2.75, 3.05) is 0 Å². The number of aromatic nitrogens is 2.